The molecule has 2 N–H and O–H groups in total. The van der Waals surface area contributed by atoms with Crippen molar-refractivity contribution in [2.45, 2.75) is 30.8 Å². The van der Waals surface area contributed by atoms with E-state index in [1.807, 2.05) is 13.2 Å². The fraction of sp³-hybridized carbons (Fsp3) is 0.316. The van der Waals surface area contributed by atoms with E-state index < -0.39 is 33.6 Å². The quantitative estimate of drug-likeness (QED) is 0.644. The van der Waals surface area contributed by atoms with E-state index in [1.54, 1.807) is 12.1 Å². The number of hydrogen-bond donors (Lipinski definition) is 2. The predicted octanol–water partition coefficient (Wildman–Crippen LogP) is 2.99. The third-order valence-electron chi connectivity index (χ3n) is 3.94. The van der Waals surface area contributed by atoms with Crippen LogP contribution in [0, 0.1) is 18.6 Å². The van der Waals surface area contributed by atoms with Gasteiger partial charge in [0.2, 0.25) is 15.9 Å². The van der Waals surface area contributed by atoms with Gasteiger partial charge in [0, 0.05) is 12.6 Å². The lowest BCUT2D eigenvalue weighted by molar-refractivity contribution is -0.122. The van der Waals surface area contributed by atoms with Gasteiger partial charge in [0.1, 0.15) is 17.7 Å². The number of carbonyl (C=O) groups is 1. The van der Waals surface area contributed by atoms with E-state index in [1.165, 1.54) is 23.9 Å². The zero-order chi connectivity index (χ0) is 20.7. The molecule has 0 heterocycles. The van der Waals surface area contributed by atoms with Gasteiger partial charge in [-0.05, 0) is 55.2 Å². The van der Waals surface area contributed by atoms with Crippen LogP contribution in [0.25, 0.3) is 0 Å². The topological polar surface area (TPSA) is 75.3 Å². The van der Waals surface area contributed by atoms with Crippen molar-refractivity contribution in [1.82, 2.24) is 10.0 Å². The summed E-state index contributed by atoms with van der Waals surface area (Å²) in [6, 6.07) is 8.23. The Morgan fingerprint density at radius 3 is 2.29 bits per heavy atom. The minimum absolute atomic E-state index is 0.0623. The smallest absolute Gasteiger partial charge is 0.241 e. The molecule has 0 bridgehead atoms. The number of amides is 1. The zero-order valence-electron chi connectivity index (χ0n) is 15.5. The molecule has 0 saturated heterocycles. The van der Waals surface area contributed by atoms with Gasteiger partial charge in [0.25, 0.3) is 0 Å². The Bertz CT molecular complexity index is 899. The Hall–Kier alpha value is -1.97. The van der Waals surface area contributed by atoms with E-state index in [0.29, 0.717) is 5.75 Å². The first-order valence-corrected chi connectivity index (χ1v) is 11.4. The van der Waals surface area contributed by atoms with E-state index in [-0.39, 0.29) is 23.4 Å². The molecular weight excluding hydrogens is 406 g/mol. The van der Waals surface area contributed by atoms with E-state index in [0.717, 1.165) is 23.8 Å². The second-order valence-electron chi connectivity index (χ2n) is 6.26. The highest BCUT2D eigenvalue weighted by atomic mass is 32.2. The molecule has 0 aliphatic rings. The highest BCUT2D eigenvalue weighted by Crippen LogP contribution is 2.13. The first-order chi connectivity index (χ1) is 13.2. The average Bonchev–Trinajstić information content (AvgIpc) is 2.62. The second-order valence-corrected chi connectivity index (χ2v) is 8.96. The molecule has 0 aromatic heterocycles. The molecule has 152 valence electrons. The number of hydrogen-bond acceptors (Lipinski definition) is 4. The molecule has 2 aromatic rings. The summed E-state index contributed by atoms with van der Waals surface area (Å²) in [6.07, 6.45) is 2.12. The summed E-state index contributed by atoms with van der Waals surface area (Å²) in [5, 5.41) is 2.54. The van der Waals surface area contributed by atoms with E-state index in [2.05, 4.69) is 10.0 Å². The van der Waals surface area contributed by atoms with Crippen LogP contribution in [0.2, 0.25) is 0 Å². The van der Waals surface area contributed by atoms with Gasteiger partial charge in [-0.25, -0.2) is 17.2 Å². The van der Waals surface area contributed by atoms with Crippen LogP contribution in [0.4, 0.5) is 8.78 Å². The monoisotopic (exact) mass is 428 g/mol. The molecule has 28 heavy (non-hydrogen) atoms. The molecule has 0 spiro atoms. The van der Waals surface area contributed by atoms with Crippen LogP contribution < -0.4 is 10.0 Å². The molecule has 9 heteroatoms. The van der Waals surface area contributed by atoms with Gasteiger partial charge >= 0.3 is 0 Å². The van der Waals surface area contributed by atoms with Gasteiger partial charge in [-0.2, -0.15) is 16.5 Å². The number of benzene rings is 2. The minimum atomic E-state index is -3.89. The van der Waals surface area contributed by atoms with E-state index >= 15 is 0 Å². The van der Waals surface area contributed by atoms with Crippen LogP contribution in [0.3, 0.4) is 0 Å². The average molecular weight is 429 g/mol. The van der Waals surface area contributed by atoms with Crippen molar-refractivity contribution in [3.05, 3.63) is 65.2 Å². The normalized spacial score (nSPS) is 12.6. The summed E-state index contributed by atoms with van der Waals surface area (Å²) < 4.78 is 54.1. The summed E-state index contributed by atoms with van der Waals surface area (Å²) in [7, 11) is -3.89. The Morgan fingerprint density at radius 2 is 1.71 bits per heavy atom. The molecule has 0 saturated carbocycles. The third-order valence-corrected chi connectivity index (χ3v) is 6.08. The van der Waals surface area contributed by atoms with Crippen molar-refractivity contribution in [2.24, 2.45) is 0 Å². The predicted molar refractivity (Wildman–Crippen MR) is 106 cm³/mol. The SMILES string of the molecule is CSCCC(NS(=O)(=O)c1ccc(C)cc1)C(=O)NCc1cc(F)cc(F)c1. The molecule has 1 unspecified atom stereocenters. The zero-order valence-corrected chi connectivity index (χ0v) is 17.2. The van der Waals surface area contributed by atoms with Gasteiger partial charge in [0.15, 0.2) is 0 Å². The fourth-order valence-corrected chi connectivity index (χ4v) is 4.18. The van der Waals surface area contributed by atoms with Crippen molar-refractivity contribution in [1.29, 1.82) is 0 Å². The Labute approximate surface area is 168 Å². The van der Waals surface area contributed by atoms with Gasteiger partial charge in [-0.1, -0.05) is 17.7 Å². The minimum Gasteiger partial charge on any atom is -0.351 e. The van der Waals surface area contributed by atoms with Crippen molar-refractivity contribution < 1.29 is 22.0 Å². The maximum atomic E-state index is 13.3. The molecule has 2 rings (SSSR count). The number of halogens is 2. The van der Waals surface area contributed by atoms with Crippen molar-refractivity contribution >= 4 is 27.7 Å². The van der Waals surface area contributed by atoms with Gasteiger partial charge in [-0.3, -0.25) is 4.79 Å². The lowest BCUT2D eigenvalue weighted by Crippen LogP contribution is -2.46. The van der Waals surface area contributed by atoms with E-state index in [9.17, 15) is 22.0 Å². The first-order valence-electron chi connectivity index (χ1n) is 8.52. The molecule has 0 fully saturated rings. The fourth-order valence-electron chi connectivity index (χ4n) is 2.48. The summed E-state index contributed by atoms with van der Waals surface area (Å²) in [5.74, 6) is -1.50. The highest BCUT2D eigenvalue weighted by molar-refractivity contribution is 7.98. The second kappa shape index (κ2) is 9.99. The van der Waals surface area contributed by atoms with Crippen molar-refractivity contribution in [3.8, 4) is 0 Å². The Balaban J connectivity index is 2.10. The third kappa shape index (κ3) is 6.57. The highest BCUT2D eigenvalue weighted by Gasteiger charge is 2.25. The Morgan fingerprint density at radius 1 is 1.11 bits per heavy atom. The summed E-state index contributed by atoms with van der Waals surface area (Å²) in [5.41, 5.74) is 1.16. The van der Waals surface area contributed by atoms with Crippen molar-refractivity contribution in [3.63, 3.8) is 0 Å². The maximum Gasteiger partial charge on any atom is 0.241 e. The van der Waals surface area contributed by atoms with Crippen LogP contribution >= 0.6 is 11.8 Å². The molecule has 1 atom stereocenters. The first kappa shape index (κ1) is 22.3. The lowest BCUT2D eigenvalue weighted by atomic mass is 10.2. The molecule has 0 aliphatic carbocycles. The molecular formula is C19H22F2N2O3S2. The summed E-state index contributed by atoms with van der Waals surface area (Å²) in [6.45, 7) is 1.73. The van der Waals surface area contributed by atoms with Crippen LogP contribution in [0.5, 0.6) is 0 Å². The lowest BCUT2D eigenvalue weighted by Gasteiger charge is -2.18. The maximum absolute atomic E-state index is 13.3. The summed E-state index contributed by atoms with van der Waals surface area (Å²) >= 11 is 1.48. The van der Waals surface area contributed by atoms with Gasteiger partial charge in [-0.15, -0.1) is 0 Å². The Kier molecular flexibility index (Phi) is 7.97. The standard InChI is InChI=1S/C19H22F2N2O3S2/c1-13-3-5-17(6-4-13)28(25,26)23-18(7-8-27-2)19(24)22-12-14-9-15(20)11-16(21)10-14/h3-6,9-11,18,23H,7-8,12H2,1-2H3,(H,22,24). The van der Waals surface area contributed by atoms with Crippen LogP contribution in [-0.2, 0) is 21.4 Å². The molecule has 2 aromatic carbocycles. The number of rotatable bonds is 9. The molecule has 0 aliphatic heterocycles. The number of thioether (sulfide) groups is 1. The summed E-state index contributed by atoms with van der Waals surface area (Å²) in [4.78, 5) is 12.6. The number of sulfonamides is 1. The molecule has 1 amide bonds. The van der Waals surface area contributed by atoms with Crippen LogP contribution in [0.1, 0.15) is 17.5 Å². The number of aryl methyl sites for hydroxylation is 1. The van der Waals surface area contributed by atoms with Gasteiger partial charge in [0.05, 0.1) is 4.90 Å². The number of carbonyl (C=O) groups excluding carboxylic acids is 1. The van der Waals surface area contributed by atoms with Gasteiger partial charge < -0.3 is 5.32 Å². The van der Waals surface area contributed by atoms with Crippen molar-refractivity contribution in [2.75, 3.05) is 12.0 Å². The largest absolute Gasteiger partial charge is 0.351 e. The molecule has 0 radical (unpaired) electrons. The van der Waals surface area contributed by atoms with E-state index in [4.69, 9.17) is 0 Å². The molecule has 5 nitrogen and oxygen atoms in total. The number of nitrogens with one attached hydrogen (secondary N) is 2. The van der Waals surface area contributed by atoms with Crippen LogP contribution in [0.15, 0.2) is 47.4 Å². The van der Waals surface area contributed by atoms with Crippen LogP contribution in [-0.4, -0.2) is 32.4 Å².